The summed E-state index contributed by atoms with van der Waals surface area (Å²) in [6, 6.07) is 6.41. The Bertz CT molecular complexity index is 471. The Morgan fingerprint density at radius 3 is 2.61 bits per heavy atom. The van der Waals surface area contributed by atoms with Gasteiger partial charge in [0.05, 0.1) is 0 Å². The Morgan fingerprint density at radius 1 is 1.28 bits per heavy atom. The molecule has 0 atom stereocenters. The molecule has 0 radical (unpaired) electrons. The van der Waals surface area contributed by atoms with Crippen LogP contribution in [-0.2, 0) is 9.53 Å². The topological polar surface area (TPSA) is 84.5 Å². The molecule has 1 aromatic carbocycles. The minimum Gasteiger partial charge on any atom is -0.441 e. The Kier molecular flexibility index (Phi) is 4.86. The van der Waals surface area contributed by atoms with Crippen molar-refractivity contribution in [3.8, 4) is 0 Å². The van der Waals surface area contributed by atoms with E-state index in [1.807, 2.05) is 0 Å². The van der Waals surface area contributed by atoms with Crippen molar-refractivity contribution in [2.45, 2.75) is 6.92 Å². The van der Waals surface area contributed by atoms with Gasteiger partial charge in [0.2, 0.25) is 5.91 Å². The number of ether oxygens (including phenoxy) is 1. The summed E-state index contributed by atoms with van der Waals surface area (Å²) < 4.78 is 4.64. The summed E-state index contributed by atoms with van der Waals surface area (Å²) in [5.41, 5.74) is 0.887. The molecule has 0 aliphatic rings. The quantitative estimate of drug-likeness (QED) is 0.786. The van der Waals surface area contributed by atoms with Crippen LogP contribution in [0, 0.1) is 0 Å². The van der Waals surface area contributed by atoms with E-state index in [4.69, 9.17) is 0 Å². The number of amides is 2. The maximum Gasteiger partial charge on any atom is 0.407 e. The zero-order valence-electron chi connectivity index (χ0n) is 10.1. The number of hydrogen-bond acceptors (Lipinski definition) is 4. The van der Waals surface area contributed by atoms with Gasteiger partial charge in [-0.25, -0.2) is 4.79 Å². The van der Waals surface area contributed by atoms with Gasteiger partial charge >= 0.3 is 6.09 Å². The van der Waals surface area contributed by atoms with Crippen molar-refractivity contribution in [2.75, 3.05) is 19.0 Å². The molecule has 1 aromatic rings. The second-order valence-corrected chi connectivity index (χ2v) is 3.51. The Labute approximate surface area is 104 Å². The van der Waals surface area contributed by atoms with Crippen LogP contribution in [0.4, 0.5) is 10.5 Å². The van der Waals surface area contributed by atoms with E-state index in [1.165, 1.54) is 20.0 Å². The summed E-state index contributed by atoms with van der Waals surface area (Å²) in [6.07, 6.45) is -0.665. The highest BCUT2D eigenvalue weighted by Gasteiger charge is 2.09. The van der Waals surface area contributed by atoms with Crippen LogP contribution in [0.15, 0.2) is 24.3 Å². The highest BCUT2D eigenvalue weighted by atomic mass is 16.5. The first-order valence-electron chi connectivity index (χ1n) is 5.28. The second kappa shape index (κ2) is 6.39. The summed E-state index contributed by atoms with van der Waals surface area (Å²) in [7, 11) is 1.41. The molecule has 0 aromatic heterocycles. The molecule has 0 unspecified atom stereocenters. The molecule has 0 heterocycles. The number of carbonyl (C=O) groups is 3. The maximum atomic E-state index is 11.7. The number of rotatable bonds is 4. The third kappa shape index (κ3) is 4.25. The smallest absolute Gasteiger partial charge is 0.407 e. The van der Waals surface area contributed by atoms with Crippen molar-refractivity contribution in [3.63, 3.8) is 0 Å². The second-order valence-electron chi connectivity index (χ2n) is 3.51. The molecule has 0 saturated carbocycles. The lowest BCUT2D eigenvalue weighted by Gasteiger charge is -2.06. The van der Waals surface area contributed by atoms with Gasteiger partial charge in [0.25, 0.3) is 0 Å². The zero-order valence-corrected chi connectivity index (χ0v) is 10.1. The van der Waals surface area contributed by atoms with Crippen LogP contribution >= 0.6 is 0 Å². The third-order valence-corrected chi connectivity index (χ3v) is 2.04. The fraction of sp³-hybridized carbons (Fsp3) is 0.250. The number of nitrogens with one attached hydrogen (secondary N) is 2. The molecule has 0 aliphatic heterocycles. The van der Waals surface area contributed by atoms with E-state index in [-0.39, 0.29) is 18.3 Å². The maximum absolute atomic E-state index is 11.7. The average molecular weight is 250 g/mol. The number of carbonyl (C=O) groups excluding carboxylic acids is 3. The van der Waals surface area contributed by atoms with Gasteiger partial charge < -0.3 is 15.4 Å². The number of ketones is 1. The van der Waals surface area contributed by atoms with Crippen molar-refractivity contribution >= 4 is 23.5 Å². The molecule has 2 amide bonds. The number of alkyl carbamates (subject to hydrolysis) is 1. The lowest BCUT2D eigenvalue weighted by molar-refractivity contribution is -0.114. The molecule has 1 rings (SSSR count). The molecule has 2 N–H and O–H groups in total. The molecular formula is C12H14N2O4. The standard InChI is InChI=1S/C12H14N2O4/c1-8(15)14-10-5-3-4-9(6-10)11(16)7-18-12(17)13-2/h3-6H,7H2,1-2H3,(H,13,17)(H,14,15). The summed E-state index contributed by atoms with van der Waals surface area (Å²) in [4.78, 5) is 33.4. The van der Waals surface area contributed by atoms with Crippen LogP contribution in [0.3, 0.4) is 0 Å². The van der Waals surface area contributed by atoms with Crippen molar-refractivity contribution in [3.05, 3.63) is 29.8 Å². The Morgan fingerprint density at radius 2 is 2.00 bits per heavy atom. The molecular weight excluding hydrogens is 236 g/mol. The van der Waals surface area contributed by atoms with Gasteiger partial charge in [0.1, 0.15) is 0 Å². The fourth-order valence-corrected chi connectivity index (χ4v) is 1.26. The number of Topliss-reactive ketones (excluding diaryl/α,β-unsaturated/α-hetero) is 1. The van der Waals surface area contributed by atoms with Gasteiger partial charge in [-0.1, -0.05) is 12.1 Å². The number of anilines is 1. The number of hydrogen-bond donors (Lipinski definition) is 2. The lowest BCUT2D eigenvalue weighted by Crippen LogP contribution is -2.22. The molecule has 96 valence electrons. The molecule has 0 spiro atoms. The Hall–Kier alpha value is -2.37. The van der Waals surface area contributed by atoms with E-state index in [9.17, 15) is 14.4 Å². The van der Waals surface area contributed by atoms with E-state index in [1.54, 1.807) is 18.2 Å². The largest absolute Gasteiger partial charge is 0.441 e. The molecule has 6 heteroatoms. The highest BCUT2D eigenvalue weighted by molar-refractivity contribution is 5.99. The first kappa shape index (κ1) is 13.7. The van der Waals surface area contributed by atoms with Crippen LogP contribution in [0.1, 0.15) is 17.3 Å². The SMILES string of the molecule is CNC(=O)OCC(=O)c1cccc(NC(C)=O)c1. The van der Waals surface area contributed by atoms with E-state index in [2.05, 4.69) is 15.4 Å². The van der Waals surface area contributed by atoms with E-state index in [0.717, 1.165) is 0 Å². The summed E-state index contributed by atoms with van der Waals surface area (Å²) >= 11 is 0. The first-order chi connectivity index (χ1) is 8.52. The van der Waals surface area contributed by atoms with Gasteiger partial charge in [0.15, 0.2) is 12.4 Å². The van der Waals surface area contributed by atoms with Crippen LogP contribution < -0.4 is 10.6 Å². The van der Waals surface area contributed by atoms with Gasteiger partial charge in [-0.15, -0.1) is 0 Å². The van der Waals surface area contributed by atoms with Gasteiger partial charge in [0, 0.05) is 25.2 Å². The van der Waals surface area contributed by atoms with Crippen LogP contribution in [0.2, 0.25) is 0 Å². The zero-order chi connectivity index (χ0) is 13.5. The number of benzene rings is 1. The monoisotopic (exact) mass is 250 g/mol. The van der Waals surface area contributed by atoms with E-state index in [0.29, 0.717) is 11.3 Å². The predicted molar refractivity (Wildman–Crippen MR) is 65.5 cm³/mol. The minimum atomic E-state index is -0.665. The van der Waals surface area contributed by atoms with Crippen molar-refractivity contribution < 1.29 is 19.1 Å². The molecule has 18 heavy (non-hydrogen) atoms. The van der Waals surface area contributed by atoms with Gasteiger partial charge in [-0.3, -0.25) is 9.59 Å². The van der Waals surface area contributed by atoms with Crippen molar-refractivity contribution in [1.82, 2.24) is 5.32 Å². The van der Waals surface area contributed by atoms with Gasteiger partial charge in [-0.2, -0.15) is 0 Å². The normalized spacial score (nSPS) is 9.44. The summed E-state index contributed by atoms with van der Waals surface area (Å²) in [5, 5.41) is 4.80. The summed E-state index contributed by atoms with van der Waals surface area (Å²) in [6.45, 7) is 1.03. The van der Waals surface area contributed by atoms with Crippen LogP contribution in [0.5, 0.6) is 0 Å². The highest BCUT2D eigenvalue weighted by Crippen LogP contribution is 2.11. The molecule has 0 fully saturated rings. The first-order valence-corrected chi connectivity index (χ1v) is 5.28. The lowest BCUT2D eigenvalue weighted by atomic mass is 10.1. The molecule has 6 nitrogen and oxygen atoms in total. The van der Waals surface area contributed by atoms with E-state index >= 15 is 0 Å². The minimum absolute atomic E-state index is 0.221. The van der Waals surface area contributed by atoms with Crippen molar-refractivity contribution in [2.24, 2.45) is 0 Å². The summed E-state index contributed by atoms with van der Waals surface area (Å²) in [5.74, 6) is -0.563. The molecule has 0 saturated heterocycles. The van der Waals surface area contributed by atoms with Crippen LogP contribution in [0.25, 0.3) is 0 Å². The molecule has 0 aliphatic carbocycles. The van der Waals surface area contributed by atoms with Crippen molar-refractivity contribution in [1.29, 1.82) is 0 Å². The fourth-order valence-electron chi connectivity index (χ4n) is 1.26. The third-order valence-electron chi connectivity index (χ3n) is 2.04. The van der Waals surface area contributed by atoms with Gasteiger partial charge in [-0.05, 0) is 12.1 Å². The van der Waals surface area contributed by atoms with Crippen LogP contribution in [-0.4, -0.2) is 31.4 Å². The Balaban J connectivity index is 2.68. The van der Waals surface area contributed by atoms with E-state index < -0.39 is 6.09 Å². The molecule has 0 bridgehead atoms. The predicted octanol–water partition coefficient (Wildman–Crippen LogP) is 1.18. The average Bonchev–Trinajstić information content (AvgIpc) is 2.35.